The maximum atomic E-state index is 10.4. The highest BCUT2D eigenvalue weighted by Gasteiger charge is 2.04. The van der Waals surface area contributed by atoms with Crippen molar-refractivity contribution in [3.05, 3.63) is 23.9 Å². The number of aliphatic carboxylic acids is 1. The van der Waals surface area contributed by atoms with Crippen molar-refractivity contribution in [2.45, 2.75) is 6.92 Å². The van der Waals surface area contributed by atoms with Gasteiger partial charge in [0.25, 0.3) is 0 Å². The third-order valence-electron chi connectivity index (χ3n) is 1.36. The molecule has 0 spiro atoms. The fourth-order valence-corrected chi connectivity index (χ4v) is 0.734. The predicted octanol–water partition coefficient (Wildman–Crippen LogP) is 1.23. The average molecular weight is 151 g/mol. The van der Waals surface area contributed by atoms with Gasteiger partial charge in [-0.15, -0.1) is 0 Å². The molecule has 0 aromatic heterocycles. The van der Waals surface area contributed by atoms with E-state index in [-0.39, 0.29) is 11.5 Å². The first kappa shape index (κ1) is 7.72. The smallest absolute Gasteiger partial charge is 0.337 e. The molecule has 0 bridgehead atoms. The molecule has 11 heavy (non-hydrogen) atoms. The lowest BCUT2D eigenvalue weighted by Crippen LogP contribution is -1.96. The molecule has 0 amide bonds. The van der Waals surface area contributed by atoms with Crippen molar-refractivity contribution >= 4 is 12.2 Å². The van der Waals surface area contributed by atoms with Crippen LogP contribution < -0.4 is 0 Å². The molecule has 0 aromatic carbocycles. The van der Waals surface area contributed by atoms with Crippen LogP contribution in [0.2, 0.25) is 0 Å². The summed E-state index contributed by atoms with van der Waals surface area (Å²) in [6, 6.07) is 0. The van der Waals surface area contributed by atoms with Gasteiger partial charge in [0.2, 0.25) is 0 Å². The highest BCUT2D eigenvalue weighted by atomic mass is 16.4. The van der Waals surface area contributed by atoms with Crippen LogP contribution >= 0.6 is 0 Å². The van der Waals surface area contributed by atoms with Gasteiger partial charge in [0, 0.05) is 18.3 Å². The van der Waals surface area contributed by atoms with Crippen LogP contribution in [0.5, 0.6) is 0 Å². The summed E-state index contributed by atoms with van der Waals surface area (Å²) in [4.78, 5) is 14.2. The van der Waals surface area contributed by atoms with Gasteiger partial charge in [0.1, 0.15) is 0 Å². The number of rotatable bonds is 1. The van der Waals surface area contributed by atoms with Crippen LogP contribution in [-0.4, -0.2) is 17.3 Å². The van der Waals surface area contributed by atoms with Crippen molar-refractivity contribution in [1.82, 2.24) is 0 Å². The lowest BCUT2D eigenvalue weighted by atomic mass is 10.1. The number of hydrogen-bond acceptors (Lipinski definition) is 2. The normalized spacial score (nSPS) is 22.6. The van der Waals surface area contributed by atoms with Crippen molar-refractivity contribution in [2.75, 3.05) is 0 Å². The van der Waals surface area contributed by atoms with Crippen LogP contribution in [0, 0.1) is 5.92 Å². The Morgan fingerprint density at radius 2 is 2.45 bits per heavy atom. The van der Waals surface area contributed by atoms with E-state index >= 15 is 0 Å². The Kier molecular flexibility index (Phi) is 2.21. The number of aliphatic imine (C=N–C) groups is 1. The second-order valence-electron chi connectivity index (χ2n) is 2.41. The largest absolute Gasteiger partial charge is 0.478 e. The molecule has 1 rings (SSSR count). The number of allylic oxidation sites excluding steroid dienone is 1. The van der Waals surface area contributed by atoms with Crippen molar-refractivity contribution in [3.8, 4) is 0 Å². The molecule has 3 nitrogen and oxygen atoms in total. The number of carboxylic acid groups (broad SMARTS) is 1. The molecule has 0 saturated carbocycles. The number of carbonyl (C=O) groups is 1. The molecule has 3 heteroatoms. The lowest BCUT2D eigenvalue weighted by Gasteiger charge is -1.91. The molecule has 1 aliphatic heterocycles. The zero-order valence-corrected chi connectivity index (χ0v) is 6.19. The first-order chi connectivity index (χ1) is 5.20. The molecule has 58 valence electrons. The average Bonchev–Trinajstić information content (AvgIpc) is 2.13. The van der Waals surface area contributed by atoms with Crippen LogP contribution in [0.15, 0.2) is 28.9 Å². The Morgan fingerprint density at radius 1 is 1.73 bits per heavy atom. The van der Waals surface area contributed by atoms with Crippen LogP contribution in [0.3, 0.4) is 0 Å². The Hall–Kier alpha value is -1.38. The molecule has 1 unspecified atom stereocenters. The number of nitrogens with zero attached hydrogens (tertiary/aromatic N) is 1. The molecular weight excluding hydrogens is 142 g/mol. The minimum absolute atomic E-state index is 0.211. The maximum Gasteiger partial charge on any atom is 0.337 e. The summed E-state index contributed by atoms with van der Waals surface area (Å²) < 4.78 is 0. The van der Waals surface area contributed by atoms with E-state index in [2.05, 4.69) is 4.99 Å². The first-order valence-corrected chi connectivity index (χ1v) is 3.35. The second-order valence-corrected chi connectivity index (χ2v) is 2.41. The van der Waals surface area contributed by atoms with Gasteiger partial charge in [-0.25, -0.2) is 4.79 Å². The lowest BCUT2D eigenvalue weighted by molar-refractivity contribution is -0.132. The molecule has 1 N–H and O–H groups in total. The van der Waals surface area contributed by atoms with Gasteiger partial charge in [-0.1, -0.05) is 13.0 Å². The predicted molar refractivity (Wildman–Crippen MR) is 42.5 cm³/mol. The molecule has 1 aliphatic rings. The Bertz CT molecular complexity index is 251. The van der Waals surface area contributed by atoms with Crippen molar-refractivity contribution in [1.29, 1.82) is 0 Å². The Balaban J connectivity index is 2.85. The maximum absolute atomic E-state index is 10.4. The van der Waals surface area contributed by atoms with E-state index < -0.39 is 5.97 Å². The first-order valence-electron chi connectivity index (χ1n) is 3.35. The van der Waals surface area contributed by atoms with Crippen LogP contribution in [0.4, 0.5) is 0 Å². The monoisotopic (exact) mass is 151 g/mol. The van der Waals surface area contributed by atoms with E-state index in [9.17, 15) is 4.79 Å². The summed E-state index contributed by atoms with van der Waals surface area (Å²) in [5.41, 5.74) is 0.227. The fourth-order valence-electron chi connectivity index (χ4n) is 0.734. The van der Waals surface area contributed by atoms with Gasteiger partial charge in [0.05, 0.1) is 5.57 Å². The number of carboxylic acids is 1. The third kappa shape index (κ3) is 2.04. The molecule has 0 radical (unpaired) electrons. The quantitative estimate of drug-likeness (QED) is 0.612. The molecule has 0 fully saturated rings. The highest BCUT2D eigenvalue weighted by molar-refractivity contribution is 5.90. The topological polar surface area (TPSA) is 49.7 Å². The van der Waals surface area contributed by atoms with Gasteiger partial charge < -0.3 is 5.11 Å². The summed E-state index contributed by atoms with van der Waals surface area (Å²) in [6.07, 6.45) is 6.42. The minimum Gasteiger partial charge on any atom is -0.478 e. The molecule has 1 heterocycles. The standard InChI is InChI=1S/C8H9NO2/c1-6-2-3-7(8(10)11)5-9-4-6/h2-6H,1H3,(H,10,11). The molecule has 0 aliphatic carbocycles. The summed E-state index contributed by atoms with van der Waals surface area (Å²) in [5, 5.41) is 8.56. The van der Waals surface area contributed by atoms with Gasteiger partial charge in [-0.2, -0.15) is 0 Å². The molecule has 0 saturated heterocycles. The van der Waals surface area contributed by atoms with E-state index in [1.54, 1.807) is 18.4 Å². The van der Waals surface area contributed by atoms with Gasteiger partial charge in [-0.3, -0.25) is 4.99 Å². The van der Waals surface area contributed by atoms with Crippen molar-refractivity contribution < 1.29 is 9.90 Å². The fraction of sp³-hybridized carbons (Fsp3) is 0.250. The van der Waals surface area contributed by atoms with Gasteiger partial charge in [0.15, 0.2) is 0 Å². The van der Waals surface area contributed by atoms with Crippen LogP contribution in [-0.2, 0) is 4.79 Å². The Morgan fingerprint density at radius 3 is 3.09 bits per heavy atom. The SMILES string of the molecule is CC1C=CC(C(=O)O)=CN=C1. The zero-order valence-electron chi connectivity index (χ0n) is 6.19. The molecular formula is C8H9NO2. The Labute approximate surface area is 64.8 Å². The van der Waals surface area contributed by atoms with Gasteiger partial charge >= 0.3 is 5.97 Å². The van der Waals surface area contributed by atoms with Crippen molar-refractivity contribution in [3.63, 3.8) is 0 Å². The van der Waals surface area contributed by atoms with E-state index in [4.69, 9.17) is 5.11 Å². The summed E-state index contributed by atoms with van der Waals surface area (Å²) >= 11 is 0. The summed E-state index contributed by atoms with van der Waals surface area (Å²) in [5.74, 6) is -0.726. The van der Waals surface area contributed by atoms with Crippen molar-refractivity contribution in [2.24, 2.45) is 10.9 Å². The van der Waals surface area contributed by atoms with E-state index in [0.717, 1.165) is 0 Å². The van der Waals surface area contributed by atoms with Crippen LogP contribution in [0.1, 0.15) is 6.92 Å². The van der Waals surface area contributed by atoms with Gasteiger partial charge in [-0.05, 0) is 6.08 Å². The van der Waals surface area contributed by atoms with E-state index in [1.165, 1.54) is 6.20 Å². The molecule has 0 aromatic rings. The highest BCUT2D eigenvalue weighted by Crippen LogP contribution is 2.05. The zero-order chi connectivity index (χ0) is 8.27. The third-order valence-corrected chi connectivity index (χ3v) is 1.36. The number of hydrogen-bond donors (Lipinski definition) is 1. The minimum atomic E-state index is -0.938. The summed E-state index contributed by atoms with van der Waals surface area (Å²) in [6.45, 7) is 1.94. The van der Waals surface area contributed by atoms with Crippen LogP contribution in [0.25, 0.3) is 0 Å². The molecule has 1 atom stereocenters. The summed E-state index contributed by atoms with van der Waals surface area (Å²) in [7, 11) is 0. The van der Waals surface area contributed by atoms with E-state index in [1.807, 2.05) is 6.92 Å². The van der Waals surface area contributed by atoms with E-state index in [0.29, 0.717) is 0 Å². The second kappa shape index (κ2) is 3.14.